The first-order valence-corrected chi connectivity index (χ1v) is 9.63. The molecule has 0 aromatic carbocycles. The third kappa shape index (κ3) is 4.52. The Morgan fingerprint density at radius 1 is 0.828 bits per heavy atom. The van der Waals surface area contributed by atoms with E-state index in [1.54, 1.807) is 6.07 Å². The Morgan fingerprint density at radius 3 is 2.17 bits per heavy atom. The van der Waals surface area contributed by atoms with E-state index in [9.17, 15) is 13.2 Å². The number of piperazine rings is 1. The Bertz CT molecular complexity index is 848. The maximum Gasteiger partial charge on any atom is 0.433 e. The second-order valence-electron chi connectivity index (χ2n) is 7.12. The van der Waals surface area contributed by atoms with Gasteiger partial charge in [-0.3, -0.25) is 0 Å². The number of aryl methyl sites for hydroxylation is 1. The highest BCUT2D eigenvalue weighted by atomic mass is 19.4. The molecular formula is C19H23F3N6O. The van der Waals surface area contributed by atoms with Crippen molar-refractivity contribution in [1.82, 2.24) is 15.0 Å². The lowest BCUT2D eigenvalue weighted by molar-refractivity contribution is -0.141. The lowest BCUT2D eigenvalue weighted by Gasteiger charge is -2.36. The van der Waals surface area contributed by atoms with Crippen LogP contribution in [0.3, 0.4) is 0 Å². The van der Waals surface area contributed by atoms with Gasteiger partial charge in [-0.1, -0.05) is 6.07 Å². The van der Waals surface area contributed by atoms with E-state index in [2.05, 4.69) is 19.8 Å². The highest BCUT2D eigenvalue weighted by Gasteiger charge is 2.33. The van der Waals surface area contributed by atoms with Crippen LogP contribution >= 0.6 is 0 Å². The lowest BCUT2D eigenvalue weighted by Crippen LogP contribution is -2.47. The quantitative estimate of drug-likeness (QED) is 0.773. The van der Waals surface area contributed by atoms with Gasteiger partial charge in [0.05, 0.1) is 13.2 Å². The molecule has 0 aliphatic carbocycles. The van der Waals surface area contributed by atoms with Crippen molar-refractivity contribution in [1.29, 1.82) is 0 Å². The van der Waals surface area contributed by atoms with E-state index in [0.29, 0.717) is 51.2 Å². The Morgan fingerprint density at radius 2 is 1.48 bits per heavy atom. The van der Waals surface area contributed by atoms with Gasteiger partial charge < -0.3 is 19.4 Å². The Kier molecular flexibility index (Phi) is 5.44. The van der Waals surface area contributed by atoms with E-state index in [1.165, 1.54) is 6.07 Å². The summed E-state index contributed by atoms with van der Waals surface area (Å²) in [6.45, 7) is 7.24. The van der Waals surface area contributed by atoms with Gasteiger partial charge in [0.25, 0.3) is 0 Å². The number of nitrogens with zero attached hydrogens (tertiary/aromatic N) is 6. The molecule has 0 spiro atoms. The topological polar surface area (TPSA) is 57.6 Å². The summed E-state index contributed by atoms with van der Waals surface area (Å²) >= 11 is 0. The van der Waals surface area contributed by atoms with Crippen molar-refractivity contribution in [3.63, 3.8) is 0 Å². The van der Waals surface area contributed by atoms with Gasteiger partial charge >= 0.3 is 6.18 Å². The molecule has 7 nitrogen and oxygen atoms in total. The molecule has 2 aliphatic rings. The van der Waals surface area contributed by atoms with Crippen molar-refractivity contribution >= 4 is 17.6 Å². The summed E-state index contributed by atoms with van der Waals surface area (Å²) in [6.07, 6.45) is -4.44. The average Bonchev–Trinajstić information content (AvgIpc) is 2.73. The number of hydrogen-bond acceptors (Lipinski definition) is 7. The molecule has 4 rings (SSSR count). The summed E-state index contributed by atoms with van der Waals surface area (Å²) in [5, 5.41) is 0. The standard InChI is InChI=1S/C19H23F3N6O/c1-14-13-17(27-9-11-29-12-10-27)25-18(23-14)28-7-5-26(6-8-28)16-4-2-3-15(24-16)19(20,21)22/h2-4,13H,5-12H2,1H3. The third-order valence-electron chi connectivity index (χ3n) is 5.08. The van der Waals surface area contributed by atoms with Crippen molar-refractivity contribution in [2.75, 3.05) is 67.2 Å². The first-order valence-electron chi connectivity index (χ1n) is 9.63. The molecule has 0 saturated carbocycles. The number of halogens is 3. The number of rotatable bonds is 3. The number of aromatic nitrogens is 3. The molecule has 2 fully saturated rings. The maximum atomic E-state index is 12.9. The highest BCUT2D eigenvalue weighted by molar-refractivity contribution is 5.48. The molecule has 2 saturated heterocycles. The fraction of sp³-hybridized carbons (Fsp3) is 0.526. The average molecular weight is 408 g/mol. The Balaban J connectivity index is 1.45. The maximum absolute atomic E-state index is 12.9. The van der Waals surface area contributed by atoms with Crippen LogP contribution in [0.25, 0.3) is 0 Å². The number of alkyl halides is 3. The van der Waals surface area contributed by atoms with Crippen molar-refractivity contribution in [3.8, 4) is 0 Å². The van der Waals surface area contributed by atoms with E-state index in [0.717, 1.165) is 30.7 Å². The minimum Gasteiger partial charge on any atom is -0.378 e. The van der Waals surface area contributed by atoms with E-state index < -0.39 is 11.9 Å². The third-order valence-corrected chi connectivity index (χ3v) is 5.08. The monoisotopic (exact) mass is 408 g/mol. The molecule has 0 atom stereocenters. The van der Waals surface area contributed by atoms with Crippen LogP contribution in [0.1, 0.15) is 11.4 Å². The van der Waals surface area contributed by atoms with Gasteiger partial charge in [-0.15, -0.1) is 0 Å². The zero-order valence-electron chi connectivity index (χ0n) is 16.2. The zero-order valence-corrected chi connectivity index (χ0v) is 16.2. The molecule has 156 valence electrons. The lowest BCUT2D eigenvalue weighted by atomic mass is 10.3. The highest BCUT2D eigenvalue weighted by Crippen LogP contribution is 2.29. The number of morpholine rings is 1. The molecule has 2 aromatic heterocycles. The second kappa shape index (κ2) is 8.02. The molecule has 0 N–H and O–H groups in total. The van der Waals surface area contributed by atoms with Crippen LogP contribution in [0.15, 0.2) is 24.3 Å². The summed E-state index contributed by atoms with van der Waals surface area (Å²) in [7, 11) is 0. The predicted molar refractivity (Wildman–Crippen MR) is 103 cm³/mol. The molecule has 2 aliphatic heterocycles. The van der Waals surface area contributed by atoms with Crippen molar-refractivity contribution < 1.29 is 17.9 Å². The molecule has 2 aromatic rings. The first kappa shape index (κ1) is 19.7. The fourth-order valence-corrected chi connectivity index (χ4v) is 3.53. The molecular weight excluding hydrogens is 385 g/mol. The SMILES string of the molecule is Cc1cc(N2CCOCC2)nc(N2CCN(c3cccc(C(F)(F)F)n3)CC2)n1. The summed E-state index contributed by atoms with van der Waals surface area (Å²) in [6, 6.07) is 5.98. The van der Waals surface area contributed by atoms with Crippen LogP contribution in [-0.4, -0.2) is 67.4 Å². The second-order valence-corrected chi connectivity index (χ2v) is 7.12. The number of ether oxygens (including phenoxy) is 1. The number of anilines is 3. The van der Waals surface area contributed by atoms with Crippen LogP contribution in [0.2, 0.25) is 0 Å². The largest absolute Gasteiger partial charge is 0.433 e. The van der Waals surface area contributed by atoms with Gasteiger partial charge in [0.1, 0.15) is 17.3 Å². The summed E-state index contributed by atoms with van der Waals surface area (Å²) < 4.78 is 44.2. The van der Waals surface area contributed by atoms with E-state index >= 15 is 0 Å². The van der Waals surface area contributed by atoms with Crippen LogP contribution in [0, 0.1) is 6.92 Å². The van der Waals surface area contributed by atoms with Crippen molar-refractivity contribution in [3.05, 3.63) is 35.7 Å². The van der Waals surface area contributed by atoms with Crippen LogP contribution in [0.4, 0.5) is 30.8 Å². The first-order chi connectivity index (χ1) is 13.9. The van der Waals surface area contributed by atoms with Gasteiger partial charge in [-0.2, -0.15) is 18.2 Å². The van der Waals surface area contributed by atoms with Gasteiger partial charge in [0.2, 0.25) is 5.95 Å². The minimum absolute atomic E-state index is 0.346. The molecule has 4 heterocycles. The van der Waals surface area contributed by atoms with Crippen molar-refractivity contribution in [2.45, 2.75) is 13.1 Å². The van der Waals surface area contributed by atoms with Gasteiger partial charge in [-0.25, -0.2) is 9.97 Å². The predicted octanol–water partition coefficient (Wildman–Crippen LogP) is 2.36. The fourth-order valence-electron chi connectivity index (χ4n) is 3.53. The Hall–Kier alpha value is -2.62. The summed E-state index contributed by atoms with van der Waals surface area (Å²) in [5.41, 5.74) is 0.0214. The molecule has 0 unspecified atom stereocenters. The van der Waals surface area contributed by atoms with E-state index in [4.69, 9.17) is 9.72 Å². The molecule has 0 amide bonds. The van der Waals surface area contributed by atoms with Crippen LogP contribution < -0.4 is 14.7 Å². The Labute approximate surface area is 167 Å². The van der Waals surface area contributed by atoms with Crippen LogP contribution in [0.5, 0.6) is 0 Å². The van der Waals surface area contributed by atoms with Gasteiger partial charge in [0, 0.05) is 51.0 Å². The smallest absolute Gasteiger partial charge is 0.378 e. The molecule has 0 bridgehead atoms. The molecule has 29 heavy (non-hydrogen) atoms. The van der Waals surface area contributed by atoms with Crippen molar-refractivity contribution in [2.24, 2.45) is 0 Å². The summed E-state index contributed by atoms with van der Waals surface area (Å²) in [4.78, 5) is 19.2. The number of hydrogen-bond donors (Lipinski definition) is 0. The van der Waals surface area contributed by atoms with Crippen LogP contribution in [-0.2, 0) is 10.9 Å². The van der Waals surface area contributed by atoms with Gasteiger partial charge in [0.15, 0.2) is 0 Å². The number of pyridine rings is 1. The normalized spacial score (nSPS) is 18.3. The van der Waals surface area contributed by atoms with E-state index in [1.807, 2.05) is 17.9 Å². The molecule has 10 heteroatoms. The van der Waals surface area contributed by atoms with Gasteiger partial charge in [-0.05, 0) is 19.1 Å². The minimum atomic E-state index is -4.44. The molecule has 0 radical (unpaired) electrons. The zero-order chi connectivity index (χ0) is 20.4. The van der Waals surface area contributed by atoms with E-state index in [-0.39, 0.29) is 0 Å². The summed E-state index contributed by atoms with van der Waals surface area (Å²) in [5.74, 6) is 1.89.